The van der Waals surface area contributed by atoms with E-state index >= 15 is 0 Å². The summed E-state index contributed by atoms with van der Waals surface area (Å²) < 4.78 is 0. The third-order valence-electron chi connectivity index (χ3n) is 6.44. The number of aryl methyl sites for hydroxylation is 1. The van der Waals surface area contributed by atoms with Crippen LogP contribution in [0, 0.1) is 0 Å². The fourth-order valence-electron chi connectivity index (χ4n) is 5.08. The van der Waals surface area contributed by atoms with E-state index in [4.69, 9.17) is 0 Å². The van der Waals surface area contributed by atoms with Gasteiger partial charge < -0.3 is 0 Å². The Kier molecular flexibility index (Phi) is 3.49. The van der Waals surface area contributed by atoms with Crippen LogP contribution in [-0.4, -0.2) is 4.98 Å². The monoisotopic (exact) mass is 359 g/mol. The Hall–Kier alpha value is -3.19. The number of nitrogens with zero attached hydrogens (tertiary/aromatic N) is 1. The number of hydrogen-bond donors (Lipinski definition) is 0. The standard InChI is InChI=1S/C27H21N/c1-2-5-22-19(4-1)10-11-27-24-7-3-6-23(26(24)13-12-25(22)27)20-9-8-18-14-15-28-17-21(18)16-20/h1-2,4-5,8-17,23H,3,6-7H2. The van der Waals surface area contributed by atoms with Gasteiger partial charge in [0.2, 0.25) is 0 Å². The molecule has 0 radical (unpaired) electrons. The van der Waals surface area contributed by atoms with Crippen LogP contribution in [0.2, 0.25) is 0 Å². The maximum Gasteiger partial charge on any atom is 0.0346 e. The third-order valence-corrected chi connectivity index (χ3v) is 6.44. The summed E-state index contributed by atoms with van der Waals surface area (Å²) in [6, 6.07) is 27.1. The predicted molar refractivity (Wildman–Crippen MR) is 118 cm³/mol. The van der Waals surface area contributed by atoms with E-state index in [9.17, 15) is 0 Å². The number of fused-ring (bicyclic) bond motifs is 6. The van der Waals surface area contributed by atoms with Crippen LogP contribution in [0.25, 0.3) is 32.3 Å². The van der Waals surface area contributed by atoms with E-state index in [1.54, 1.807) is 5.56 Å². The van der Waals surface area contributed by atoms with Crippen molar-refractivity contribution in [3.63, 3.8) is 0 Å². The Labute approximate surface area is 164 Å². The zero-order valence-electron chi connectivity index (χ0n) is 15.7. The molecule has 134 valence electrons. The van der Waals surface area contributed by atoms with Crippen molar-refractivity contribution >= 4 is 32.3 Å². The van der Waals surface area contributed by atoms with Gasteiger partial charge in [0.1, 0.15) is 0 Å². The normalized spacial score (nSPS) is 16.5. The Morgan fingerprint density at radius 1 is 0.714 bits per heavy atom. The highest BCUT2D eigenvalue weighted by Gasteiger charge is 2.23. The average molecular weight is 359 g/mol. The van der Waals surface area contributed by atoms with E-state index < -0.39 is 0 Å². The first kappa shape index (κ1) is 15.8. The van der Waals surface area contributed by atoms with E-state index in [0.29, 0.717) is 5.92 Å². The molecule has 0 saturated carbocycles. The first-order valence-corrected chi connectivity index (χ1v) is 10.2. The molecular weight excluding hydrogens is 338 g/mol. The summed E-state index contributed by atoms with van der Waals surface area (Å²) >= 11 is 0. The van der Waals surface area contributed by atoms with Gasteiger partial charge >= 0.3 is 0 Å². The topological polar surface area (TPSA) is 12.9 Å². The van der Waals surface area contributed by atoms with Gasteiger partial charge in [0, 0.05) is 23.7 Å². The van der Waals surface area contributed by atoms with Crippen LogP contribution in [0.3, 0.4) is 0 Å². The summed E-state index contributed by atoms with van der Waals surface area (Å²) in [4.78, 5) is 4.31. The molecule has 5 aromatic rings. The molecule has 1 aliphatic rings. The minimum absolute atomic E-state index is 0.476. The number of rotatable bonds is 1. The molecule has 6 rings (SSSR count). The smallest absolute Gasteiger partial charge is 0.0346 e. The Bertz CT molecular complexity index is 1350. The number of hydrogen-bond acceptors (Lipinski definition) is 1. The summed E-state index contributed by atoms with van der Waals surface area (Å²) in [5.74, 6) is 0.476. The predicted octanol–water partition coefficient (Wildman–Crippen LogP) is 7.01. The largest absolute Gasteiger partial charge is 0.264 e. The van der Waals surface area contributed by atoms with Crippen LogP contribution in [0.15, 0.2) is 85.2 Å². The molecule has 1 atom stereocenters. The van der Waals surface area contributed by atoms with Crippen molar-refractivity contribution in [1.29, 1.82) is 0 Å². The van der Waals surface area contributed by atoms with Gasteiger partial charge in [0.25, 0.3) is 0 Å². The van der Waals surface area contributed by atoms with Crippen LogP contribution >= 0.6 is 0 Å². The highest BCUT2D eigenvalue weighted by atomic mass is 14.6. The summed E-state index contributed by atoms with van der Waals surface area (Å²) in [6.45, 7) is 0. The van der Waals surface area contributed by atoms with E-state index in [1.807, 2.05) is 12.4 Å². The highest BCUT2D eigenvalue weighted by Crippen LogP contribution is 2.41. The van der Waals surface area contributed by atoms with Crippen LogP contribution in [0.4, 0.5) is 0 Å². The molecule has 0 spiro atoms. The molecule has 1 heteroatoms. The van der Waals surface area contributed by atoms with Crippen LogP contribution in [-0.2, 0) is 6.42 Å². The molecule has 4 aromatic carbocycles. The lowest BCUT2D eigenvalue weighted by molar-refractivity contribution is 0.620. The lowest BCUT2D eigenvalue weighted by atomic mass is 9.76. The molecule has 1 aliphatic carbocycles. The number of pyridine rings is 1. The molecular formula is C27H21N. The summed E-state index contributed by atoms with van der Waals surface area (Å²) in [5, 5.41) is 8.01. The van der Waals surface area contributed by atoms with E-state index in [1.165, 1.54) is 62.7 Å². The fourth-order valence-corrected chi connectivity index (χ4v) is 5.08. The quantitative estimate of drug-likeness (QED) is 0.293. The van der Waals surface area contributed by atoms with Crippen LogP contribution in [0.1, 0.15) is 35.4 Å². The lowest BCUT2D eigenvalue weighted by Gasteiger charge is -2.28. The van der Waals surface area contributed by atoms with Crippen molar-refractivity contribution in [1.82, 2.24) is 4.98 Å². The van der Waals surface area contributed by atoms with Crippen LogP contribution in [0.5, 0.6) is 0 Å². The third kappa shape index (κ3) is 2.36. The summed E-state index contributed by atoms with van der Waals surface area (Å²) in [6.07, 6.45) is 7.49. The minimum atomic E-state index is 0.476. The second kappa shape index (κ2) is 6.17. The molecule has 1 heterocycles. The molecule has 0 N–H and O–H groups in total. The van der Waals surface area contributed by atoms with Crippen molar-refractivity contribution in [2.24, 2.45) is 0 Å². The number of aromatic nitrogens is 1. The molecule has 1 nitrogen and oxygen atoms in total. The van der Waals surface area contributed by atoms with E-state index in [0.717, 1.165) is 0 Å². The molecule has 1 unspecified atom stereocenters. The summed E-state index contributed by atoms with van der Waals surface area (Å²) in [7, 11) is 0. The maximum absolute atomic E-state index is 4.31. The Morgan fingerprint density at radius 3 is 2.61 bits per heavy atom. The van der Waals surface area contributed by atoms with Crippen molar-refractivity contribution in [2.75, 3.05) is 0 Å². The first-order chi connectivity index (χ1) is 13.9. The average Bonchev–Trinajstić information content (AvgIpc) is 2.78. The van der Waals surface area contributed by atoms with Crippen molar-refractivity contribution < 1.29 is 0 Å². The molecule has 28 heavy (non-hydrogen) atoms. The molecule has 1 aromatic heterocycles. The highest BCUT2D eigenvalue weighted by molar-refractivity contribution is 6.08. The molecule has 0 bridgehead atoms. The molecule has 0 amide bonds. The fraction of sp³-hybridized carbons (Fsp3) is 0.148. The van der Waals surface area contributed by atoms with E-state index in [-0.39, 0.29) is 0 Å². The summed E-state index contributed by atoms with van der Waals surface area (Å²) in [5.41, 5.74) is 4.48. The first-order valence-electron chi connectivity index (χ1n) is 10.2. The van der Waals surface area contributed by atoms with Gasteiger partial charge in [0.05, 0.1) is 0 Å². The molecule has 0 saturated heterocycles. The SMILES string of the molecule is c1ccc2c(c1)ccc1c3c(ccc12)C(c1ccc2ccncc2c1)CCC3. The minimum Gasteiger partial charge on any atom is -0.264 e. The van der Waals surface area contributed by atoms with Gasteiger partial charge in [-0.1, -0.05) is 60.7 Å². The van der Waals surface area contributed by atoms with Crippen LogP contribution < -0.4 is 0 Å². The maximum atomic E-state index is 4.31. The van der Waals surface area contributed by atoms with Crippen molar-refractivity contribution in [3.05, 3.63) is 102 Å². The molecule has 0 fully saturated rings. The van der Waals surface area contributed by atoms with Gasteiger partial charge in [-0.05, 0) is 75.0 Å². The van der Waals surface area contributed by atoms with E-state index in [2.05, 4.69) is 77.8 Å². The van der Waals surface area contributed by atoms with Gasteiger partial charge in [-0.25, -0.2) is 0 Å². The van der Waals surface area contributed by atoms with Gasteiger partial charge in [-0.15, -0.1) is 0 Å². The molecule has 0 aliphatic heterocycles. The van der Waals surface area contributed by atoms with Crippen molar-refractivity contribution in [2.45, 2.75) is 25.2 Å². The number of benzene rings is 4. The Morgan fingerprint density at radius 2 is 1.61 bits per heavy atom. The zero-order valence-corrected chi connectivity index (χ0v) is 15.7. The van der Waals surface area contributed by atoms with Crippen molar-refractivity contribution in [3.8, 4) is 0 Å². The lowest BCUT2D eigenvalue weighted by Crippen LogP contribution is -2.11. The second-order valence-corrected chi connectivity index (χ2v) is 7.94. The zero-order chi connectivity index (χ0) is 18.5. The Balaban J connectivity index is 1.56. The van der Waals surface area contributed by atoms with Gasteiger partial charge in [0.15, 0.2) is 0 Å². The van der Waals surface area contributed by atoms with Gasteiger partial charge in [-0.3, -0.25) is 4.98 Å². The second-order valence-electron chi connectivity index (χ2n) is 7.94. The van der Waals surface area contributed by atoms with Gasteiger partial charge in [-0.2, -0.15) is 0 Å².